The summed E-state index contributed by atoms with van der Waals surface area (Å²) in [4.78, 5) is 0.935. The molecule has 0 amide bonds. The summed E-state index contributed by atoms with van der Waals surface area (Å²) < 4.78 is 5.63. The number of aryl methyl sites for hydroxylation is 1. The van der Waals surface area contributed by atoms with Crippen molar-refractivity contribution in [2.24, 2.45) is 0 Å². The normalized spacial score (nSPS) is 10.1. The van der Waals surface area contributed by atoms with Crippen molar-refractivity contribution in [2.45, 2.75) is 18.7 Å². The Morgan fingerprint density at radius 3 is 2.94 bits per heavy atom. The highest BCUT2D eigenvalue weighted by Crippen LogP contribution is 2.31. The second kappa shape index (κ2) is 5.61. The third-order valence-electron chi connectivity index (χ3n) is 2.30. The summed E-state index contributed by atoms with van der Waals surface area (Å²) in [5.41, 5.74) is 1.48. The van der Waals surface area contributed by atoms with Gasteiger partial charge in [-0.05, 0) is 24.8 Å². The van der Waals surface area contributed by atoms with E-state index in [1.54, 1.807) is 23.9 Å². The van der Waals surface area contributed by atoms with Crippen LogP contribution in [0.1, 0.15) is 18.2 Å². The Labute approximate surface area is 110 Å². The van der Waals surface area contributed by atoms with E-state index in [0.717, 1.165) is 16.3 Å². The molecule has 1 heterocycles. The molecule has 2 aromatic rings. The highest BCUT2D eigenvalue weighted by molar-refractivity contribution is 7.99. The molecule has 0 saturated carbocycles. The van der Waals surface area contributed by atoms with Gasteiger partial charge in [0, 0.05) is 16.7 Å². The Balaban J connectivity index is 2.33. The van der Waals surface area contributed by atoms with Crippen LogP contribution >= 0.6 is 11.8 Å². The van der Waals surface area contributed by atoms with Crippen molar-refractivity contribution in [3.8, 4) is 17.7 Å². The van der Waals surface area contributed by atoms with Crippen LogP contribution in [-0.4, -0.2) is 16.0 Å². The highest BCUT2D eigenvalue weighted by atomic mass is 32.2. The van der Waals surface area contributed by atoms with Crippen LogP contribution < -0.4 is 4.74 Å². The third kappa shape index (κ3) is 2.66. The quantitative estimate of drug-likeness (QED) is 0.854. The molecule has 0 aliphatic rings. The van der Waals surface area contributed by atoms with E-state index < -0.39 is 0 Å². The lowest BCUT2D eigenvalue weighted by Gasteiger charge is -2.07. The monoisotopic (exact) mass is 259 g/mol. The Morgan fingerprint density at radius 2 is 2.33 bits per heavy atom. The van der Waals surface area contributed by atoms with Gasteiger partial charge >= 0.3 is 0 Å². The van der Waals surface area contributed by atoms with Crippen LogP contribution in [0, 0.1) is 18.3 Å². The first-order valence-corrected chi connectivity index (χ1v) is 6.59. The van der Waals surface area contributed by atoms with E-state index in [4.69, 9.17) is 4.74 Å². The lowest BCUT2D eigenvalue weighted by atomic mass is 10.2. The summed E-state index contributed by atoms with van der Waals surface area (Å²) in [5.74, 6) is 1.93. The van der Waals surface area contributed by atoms with Crippen molar-refractivity contribution in [2.75, 3.05) is 5.75 Å². The zero-order valence-corrected chi connectivity index (χ0v) is 11.0. The SMILES string of the molecule is CCSc1cccc(Oc2cc(C)[nH]n2)c1C#N. The molecule has 0 aliphatic heterocycles. The van der Waals surface area contributed by atoms with Crippen molar-refractivity contribution >= 4 is 11.8 Å². The van der Waals surface area contributed by atoms with Gasteiger partial charge in [-0.1, -0.05) is 13.0 Å². The van der Waals surface area contributed by atoms with E-state index in [0.29, 0.717) is 17.2 Å². The van der Waals surface area contributed by atoms with Gasteiger partial charge in [-0.3, -0.25) is 5.10 Å². The fourth-order valence-electron chi connectivity index (χ4n) is 1.54. The molecular formula is C13H13N3OS. The summed E-state index contributed by atoms with van der Waals surface area (Å²) in [6.45, 7) is 3.95. The molecule has 0 bridgehead atoms. The minimum atomic E-state index is 0.475. The van der Waals surface area contributed by atoms with Crippen molar-refractivity contribution in [3.63, 3.8) is 0 Å². The van der Waals surface area contributed by atoms with Crippen LogP contribution in [0.25, 0.3) is 0 Å². The van der Waals surface area contributed by atoms with Crippen molar-refractivity contribution in [3.05, 3.63) is 35.5 Å². The minimum absolute atomic E-state index is 0.475. The van der Waals surface area contributed by atoms with Crippen LogP contribution in [-0.2, 0) is 0 Å². The first-order chi connectivity index (χ1) is 8.74. The van der Waals surface area contributed by atoms with Crippen molar-refractivity contribution < 1.29 is 4.74 Å². The fraction of sp³-hybridized carbons (Fsp3) is 0.231. The van der Waals surface area contributed by atoms with Gasteiger partial charge in [0.15, 0.2) is 0 Å². The highest BCUT2D eigenvalue weighted by Gasteiger charge is 2.11. The molecule has 1 aromatic heterocycles. The molecule has 0 atom stereocenters. The van der Waals surface area contributed by atoms with Crippen LogP contribution in [0.5, 0.6) is 11.6 Å². The number of aromatic nitrogens is 2. The van der Waals surface area contributed by atoms with Gasteiger partial charge in [0.1, 0.15) is 17.4 Å². The first kappa shape index (κ1) is 12.5. The maximum atomic E-state index is 9.24. The summed E-state index contributed by atoms with van der Waals surface area (Å²) in [7, 11) is 0. The largest absolute Gasteiger partial charge is 0.436 e. The summed E-state index contributed by atoms with van der Waals surface area (Å²) >= 11 is 1.63. The van der Waals surface area contributed by atoms with Gasteiger partial charge in [0.2, 0.25) is 5.88 Å². The Morgan fingerprint density at radius 1 is 1.50 bits per heavy atom. The number of H-pyrrole nitrogens is 1. The van der Waals surface area contributed by atoms with Gasteiger partial charge in [0.05, 0.1) is 0 Å². The molecule has 2 rings (SSSR count). The fourth-order valence-corrected chi connectivity index (χ4v) is 2.32. The minimum Gasteiger partial charge on any atom is -0.436 e. The maximum absolute atomic E-state index is 9.24. The molecule has 4 nitrogen and oxygen atoms in total. The zero-order valence-electron chi connectivity index (χ0n) is 10.2. The molecule has 1 aromatic carbocycles. The standard InChI is InChI=1S/C13H13N3OS/c1-3-18-12-6-4-5-11(10(12)8-14)17-13-7-9(2)15-16-13/h4-7H,3H2,1-2H3,(H,15,16). The van der Waals surface area contributed by atoms with E-state index in [1.165, 1.54) is 0 Å². The second-order valence-corrected chi connectivity index (χ2v) is 4.97. The average molecular weight is 259 g/mol. The molecule has 0 fully saturated rings. The molecule has 5 heteroatoms. The van der Waals surface area contributed by atoms with E-state index in [9.17, 15) is 5.26 Å². The molecule has 0 radical (unpaired) electrons. The number of hydrogen-bond acceptors (Lipinski definition) is 4. The Hall–Kier alpha value is -1.93. The Bertz CT molecular complexity index is 586. The van der Waals surface area contributed by atoms with E-state index in [2.05, 4.69) is 23.2 Å². The molecule has 0 spiro atoms. The van der Waals surface area contributed by atoms with Gasteiger partial charge < -0.3 is 4.74 Å². The number of thioether (sulfide) groups is 1. The number of ether oxygens (including phenoxy) is 1. The molecule has 0 saturated heterocycles. The number of nitrogens with one attached hydrogen (secondary N) is 1. The predicted molar refractivity (Wildman–Crippen MR) is 71.0 cm³/mol. The van der Waals surface area contributed by atoms with Crippen LogP contribution in [0.3, 0.4) is 0 Å². The number of nitriles is 1. The third-order valence-corrected chi connectivity index (χ3v) is 3.24. The lowest BCUT2D eigenvalue weighted by Crippen LogP contribution is -1.91. The first-order valence-electron chi connectivity index (χ1n) is 5.60. The van der Waals surface area contributed by atoms with Crippen LogP contribution in [0.15, 0.2) is 29.2 Å². The second-order valence-electron chi connectivity index (χ2n) is 3.67. The zero-order chi connectivity index (χ0) is 13.0. The Kier molecular flexibility index (Phi) is 3.90. The molecule has 1 N–H and O–H groups in total. The average Bonchev–Trinajstić information content (AvgIpc) is 2.76. The number of rotatable bonds is 4. The molecule has 92 valence electrons. The number of nitrogens with zero attached hydrogens (tertiary/aromatic N) is 2. The number of hydrogen-bond donors (Lipinski definition) is 1. The molecular weight excluding hydrogens is 246 g/mol. The van der Waals surface area contributed by atoms with Crippen molar-refractivity contribution in [1.29, 1.82) is 5.26 Å². The topological polar surface area (TPSA) is 61.7 Å². The van der Waals surface area contributed by atoms with Gasteiger partial charge in [-0.15, -0.1) is 16.9 Å². The molecule has 0 aliphatic carbocycles. The van der Waals surface area contributed by atoms with Gasteiger partial charge in [-0.2, -0.15) is 5.26 Å². The van der Waals surface area contributed by atoms with Crippen molar-refractivity contribution in [1.82, 2.24) is 10.2 Å². The maximum Gasteiger partial charge on any atom is 0.238 e. The van der Waals surface area contributed by atoms with E-state index in [-0.39, 0.29) is 0 Å². The molecule has 0 unspecified atom stereocenters. The smallest absolute Gasteiger partial charge is 0.238 e. The van der Waals surface area contributed by atoms with E-state index >= 15 is 0 Å². The van der Waals surface area contributed by atoms with Gasteiger partial charge in [0.25, 0.3) is 0 Å². The predicted octanol–water partition coefficient (Wildman–Crippen LogP) is 3.49. The number of aromatic amines is 1. The summed E-state index contributed by atoms with van der Waals surface area (Å²) in [5, 5.41) is 16.0. The van der Waals surface area contributed by atoms with Crippen LogP contribution in [0.2, 0.25) is 0 Å². The lowest BCUT2D eigenvalue weighted by molar-refractivity contribution is 0.459. The molecule has 18 heavy (non-hydrogen) atoms. The summed E-state index contributed by atoms with van der Waals surface area (Å²) in [6, 6.07) is 9.57. The summed E-state index contributed by atoms with van der Waals surface area (Å²) in [6.07, 6.45) is 0. The number of benzene rings is 1. The van der Waals surface area contributed by atoms with Crippen LogP contribution in [0.4, 0.5) is 0 Å². The van der Waals surface area contributed by atoms with Gasteiger partial charge in [-0.25, -0.2) is 0 Å². The van der Waals surface area contributed by atoms with E-state index in [1.807, 2.05) is 19.1 Å².